The third kappa shape index (κ3) is 3.94. The zero-order chi connectivity index (χ0) is 22.3. The number of halogens is 2. The van der Waals surface area contributed by atoms with Crippen LogP contribution in [0.4, 0.5) is 10.2 Å². The second-order valence-electron chi connectivity index (χ2n) is 9.04. The van der Waals surface area contributed by atoms with E-state index in [4.69, 9.17) is 11.6 Å². The third-order valence-corrected chi connectivity index (χ3v) is 7.49. The van der Waals surface area contributed by atoms with Gasteiger partial charge in [0.1, 0.15) is 11.6 Å². The number of anilines is 1. The van der Waals surface area contributed by atoms with Gasteiger partial charge in [0.25, 0.3) is 5.91 Å². The highest BCUT2D eigenvalue weighted by Crippen LogP contribution is 2.60. The third-order valence-electron chi connectivity index (χ3n) is 7.26. The summed E-state index contributed by atoms with van der Waals surface area (Å²) in [6.45, 7) is 4.08. The quantitative estimate of drug-likeness (QED) is 0.709. The second kappa shape index (κ2) is 8.35. The zero-order valence-corrected chi connectivity index (χ0v) is 18.6. The number of piperidine rings is 1. The highest BCUT2D eigenvalue weighted by molar-refractivity contribution is 6.31. The van der Waals surface area contributed by atoms with Crippen molar-refractivity contribution in [3.8, 4) is 0 Å². The van der Waals surface area contributed by atoms with Crippen LogP contribution in [0.5, 0.6) is 0 Å². The minimum Gasteiger partial charge on any atom is -0.353 e. The maximum absolute atomic E-state index is 14.1. The van der Waals surface area contributed by atoms with E-state index in [1.54, 1.807) is 11.1 Å². The molecule has 2 amide bonds. The summed E-state index contributed by atoms with van der Waals surface area (Å²) in [6.07, 6.45) is 4.25. The van der Waals surface area contributed by atoms with Crippen LogP contribution in [0.25, 0.3) is 0 Å². The van der Waals surface area contributed by atoms with Crippen LogP contribution in [-0.4, -0.2) is 65.9 Å². The molecular weight excluding hydrogens is 431 g/mol. The molecule has 3 fully saturated rings. The fourth-order valence-electron chi connectivity index (χ4n) is 5.15. The predicted octanol–water partition coefficient (Wildman–Crippen LogP) is 3.47. The van der Waals surface area contributed by atoms with Gasteiger partial charge in [0, 0.05) is 56.4 Å². The molecule has 1 atom stereocenters. The number of hydrogen-bond donors (Lipinski definition) is 0. The molecule has 1 aromatic carbocycles. The summed E-state index contributed by atoms with van der Waals surface area (Å²) in [5.74, 6) is 0.365. The normalized spacial score (nSPS) is 22.2. The highest BCUT2D eigenvalue weighted by atomic mass is 35.5. The number of aromatic nitrogens is 1. The van der Waals surface area contributed by atoms with Crippen LogP contribution in [0.2, 0.25) is 5.02 Å². The van der Waals surface area contributed by atoms with E-state index in [1.165, 1.54) is 18.2 Å². The van der Waals surface area contributed by atoms with Crippen molar-refractivity contribution in [3.05, 3.63) is 59.0 Å². The largest absolute Gasteiger partial charge is 0.353 e. The Labute approximate surface area is 192 Å². The Hall–Kier alpha value is -2.67. The topological polar surface area (TPSA) is 56.8 Å². The van der Waals surface area contributed by atoms with Crippen molar-refractivity contribution in [1.29, 1.82) is 0 Å². The molecule has 3 aliphatic rings. The lowest BCUT2D eigenvalue weighted by atomic mass is 9.90. The Morgan fingerprint density at radius 2 is 1.75 bits per heavy atom. The molecule has 168 valence electrons. The van der Waals surface area contributed by atoms with Gasteiger partial charge in [-0.05, 0) is 55.0 Å². The standard InChI is InChI=1S/C24H26ClFN4O2/c25-17-4-5-20(26)18(15-17)22(31)29-9-6-24(7-10-29)16-19(24)23(32)30-13-11-28(12-14-30)21-3-1-2-8-27-21/h1-5,8,15,19H,6-7,9-14,16H2/t19-/m1/s1. The summed E-state index contributed by atoms with van der Waals surface area (Å²) < 4.78 is 14.1. The molecule has 1 spiro atoms. The van der Waals surface area contributed by atoms with Crippen LogP contribution < -0.4 is 4.90 Å². The lowest BCUT2D eigenvalue weighted by Gasteiger charge is -2.37. The maximum atomic E-state index is 14.1. The molecule has 8 heteroatoms. The Bertz CT molecular complexity index is 1020. The number of piperazine rings is 1. The van der Waals surface area contributed by atoms with E-state index in [0.29, 0.717) is 31.2 Å². The van der Waals surface area contributed by atoms with Gasteiger partial charge < -0.3 is 14.7 Å². The summed E-state index contributed by atoms with van der Waals surface area (Å²) in [4.78, 5) is 36.2. The number of hydrogen-bond acceptors (Lipinski definition) is 4. The van der Waals surface area contributed by atoms with Gasteiger partial charge in [-0.3, -0.25) is 9.59 Å². The number of carbonyl (C=O) groups is 2. The first-order valence-corrected chi connectivity index (χ1v) is 11.5. The van der Waals surface area contributed by atoms with E-state index >= 15 is 0 Å². The number of nitrogens with zero attached hydrogens (tertiary/aromatic N) is 4. The first-order chi connectivity index (χ1) is 15.5. The van der Waals surface area contributed by atoms with Crippen LogP contribution in [-0.2, 0) is 4.79 Å². The summed E-state index contributed by atoms with van der Waals surface area (Å²) in [5.41, 5.74) is 0.0152. The average molecular weight is 457 g/mol. The molecule has 2 aromatic rings. The molecule has 32 heavy (non-hydrogen) atoms. The minimum absolute atomic E-state index is 0.00113. The molecule has 2 saturated heterocycles. The number of amides is 2. The molecule has 0 unspecified atom stereocenters. The van der Waals surface area contributed by atoms with E-state index in [2.05, 4.69) is 9.88 Å². The predicted molar refractivity (Wildman–Crippen MR) is 120 cm³/mol. The Morgan fingerprint density at radius 1 is 1.00 bits per heavy atom. The number of pyridine rings is 1. The van der Waals surface area contributed by atoms with Crippen molar-refractivity contribution >= 4 is 29.2 Å². The van der Waals surface area contributed by atoms with Gasteiger partial charge in [-0.2, -0.15) is 0 Å². The Morgan fingerprint density at radius 3 is 2.44 bits per heavy atom. The molecule has 6 nitrogen and oxygen atoms in total. The smallest absolute Gasteiger partial charge is 0.256 e. The molecule has 3 heterocycles. The Balaban J connectivity index is 1.15. The summed E-state index contributed by atoms with van der Waals surface area (Å²) >= 11 is 5.94. The van der Waals surface area contributed by atoms with Crippen LogP contribution in [0.1, 0.15) is 29.6 Å². The van der Waals surface area contributed by atoms with E-state index in [0.717, 1.165) is 38.2 Å². The van der Waals surface area contributed by atoms with E-state index in [9.17, 15) is 14.0 Å². The van der Waals surface area contributed by atoms with Gasteiger partial charge in [0.2, 0.25) is 5.91 Å². The monoisotopic (exact) mass is 456 g/mol. The van der Waals surface area contributed by atoms with Crippen LogP contribution in [0.15, 0.2) is 42.6 Å². The molecule has 0 bridgehead atoms. The molecule has 2 aliphatic heterocycles. The molecule has 5 rings (SSSR count). The lowest BCUT2D eigenvalue weighted by Crippen LogP contribution is -2.50. The lowest BCUT2D eigenvalue weighted by molar-refractivity contribution is -0.134. The summed E-state index contributed by atoms with van der Waals surface area (Å²) in [5, 5.41) is 0.347. The van der Waals surface area contributed by atoms with Crippen LogP contribution in [0, 0.1) is 17.2 Å². The second-order valence-corrected chi connectivity index (χ2v) is 9.47. The first-order valence-electron chi connectivity index (χ1n) is 11.2. The average Bonchev–Trinajstić information content (AvgIpc) is 3.53. The highest BCUT2D eigenvalue weighted by Gasteiger charge is 2.59. The van der Waals surface area contributed by atoms with Gasteiger partial charge in [0.05, 0.1) is 5.56 Å². The molecule has 1 saturated carbocycles. The van der Waals surface area contributed by atoms with E-state index < -0.39 is 5.82 Å². The number of rotatable bonds is 3. The van der Waals surface area contributed by atoms with Gasteiger partial charge >= 0.3 is 0 Å². The molecular formula is C24H26ClFN4O2. The van der Waals surface area contributed by atoms with Crippen LogP contribution in [0.3, 0.4) is 0 Å². The van der Waals surface area contributed by atoms with Gasteiger partial charge in [-0.25, -0.2) is 9.37 Å². The molecule has 0 N–H and O–H groups in total. The van der Waals surface area contributed by atoms with E-state index in [1.807, 2.05) is 23.1 Å². The maximum Gasteiger partial charge on any atom is 0.256 e. The first kappa shape index (κ1) is 21.2. The summed E-state index contributed by atoms with van der Waals surface area (Å²) in [7, 11) is 0. The SMILES string of the molecule is O=C(c1cc(Cl)ccc1F)N1CCC2(CC1)C[C@@H]2C(=O)N1CCN(c2ccccn2)CC1. The summed E-state index contributed by atoms with van der Waals surface area (Å²) in [6, 6.07) is 9.93. The molecule has 0 radical (unpaired) electrons. The van der Waals surface area contributed by atoms with E-state index in [-0.39, 0.29) is 28.7 Å². The number of likely N-dealkylation sites (tertiary alicyclic amines) is 1. The zero-order valence-electron chi connectivity index (χ0n) is 17.8. The van der Waals surface area contributed by atoms with Gasteiger partial charge in [-0.1, -0.05) is 17.7 Å². The van der Waals surface area contributed by atoms with Gasteiger partial charge in [-0.15, -0.1) is 0 Å². The van der Waals surface area contributed by atoms with Crippen LogP contribution >= 0.6 is 11.6 Å². The van der Waals surface area contributed by atoms with Crippen molar-refractivity contribution in [2.75, 3.05) is 44.2 Å². The van der Waals surface area contributed by atoms with Crippen molar-refractivity contribution in [1.82, 2.24) is 14.8 Å². The number of benzene rings is 1. The van der Waals surface area contributed by atoms with Crippen molar-refractivity contribution in [2.45, 2.75) is 19.3 Å². The van der Waals surface area contributed by atoms with Crippen molar-refractivity contribution in [2.24, 2.45) is 11.3 Å². The number of carbonyl (C=O) groups excluding carboxylic acids is 2. The van der Waals surface area contributed by atoms with Crippen molar-refractivity contribution in [3.63, 3.8) is 0 Å². The Kier molecular flexibility index (Phi) is 5.53. The van der Waals surface area contributed by atoms with Crippen molar-refractivity contribution < 1.29 is 14.0 Å². The fraction of sp³-hybridized carbons (Fsp3) is 0.458. The minimum atomic E-state index is -0.552. The molecule has 1 aromatic heterocycles. The van der Waals surface area contributed by atoms with Gasteiger partial charge in [0.15, 0.2) is 0 Å². The fourth-order valence-corrected chi connectivity index (χ4v) is 5.33. The molecule has 1 aliphatic carbocycles.